The van der Waals surface area contributed by atoms with E-state index < -0.39 is 0 Å². The number of carbonyl (C=O) groups is 1. The fourth-order valence-electron chi connectivity index (χ4n) is 2.34. The lowest BCUT2D eigenvalue weighted by atomic mass is 9.83. The third kappa shape index (κ3) is 2.79. The van der Waals surface area contributed by atoms with Crippen LogP contribution in [-0.4, -0.2) is 24.6 Å². The number of hydrogen-bond acceptors (Lipinski definition) is 3. The number of rotatable bonds is 3. The topological polar surface area (TPSA) is 46.5 Å². The van der Waals surface area contributed by atoms with Crippen LogP contribution in [0.25, 0.3) is 6.08 Å². The minimum absolute atomic E-state index is 0.0162. The molecule has 0 heterocycles. The summed E-state index contributed by atoms with van der Waals surface area (Å²) < 4.78 is 5.16. The maximum absolute atomic E-state index is 11.9. The Kier molecular flexibility index (Phi) is 4.15. The van der Waals surface area contributed by atoms with E-state index in [1.54, 1.807) is 7.11 Å². The van der Waals surface area contributed by atoms with Crippen molar-refractivity contribution in [1.82, 2.24) is 0 Å². The van der Waals surface area contributed by atoms with Crippen molar-refractivity contribution in [2.75, 3.05) is 13.7 Å². The molecule has 18 heavy (non-hydrogen) atoms. The van der Waals surface area contributed by atoms with Gasteiger partial charge in [0, 0.05) is 17.9 Å². The van der Waals surface area contributed by atoms with Crippen molar-refractivity contribution in [2.45, 2.75) is 19.3 Å². The summed E-state index contributed by atoms with van der Waals surface area (Å²) in [6, 6.07) is 7.59. The molecule has 0 saturated heterocycles. The van der Waals surface area contributed by atoms with E-state index in [1.807, 2.05) is 30.3 Å². The van der Waals surface area contributed by atoms with E-state index in [-0.39, 0.29) is 18.3 Å². The zero-order chi connectivity index (χ0) is 13.0. The Balaban J connectivity index is 2.31. The van der Waals surface area contributed by atoms with Crippen molar-refractivity contribution in [2.24, 2.45) is 5.92 Å². The van der Waals surface area contributed by atoms with Gasteiger partial charge in [0.2, 0.25) is 0 Å². The van der Waals surface area contributed by atoms with Crippen LogP contribution in [0.3, 0.4) is 0 Å². The number of aliphatic hydroxyl groups is 1. The second-order valence-electron chi connectivity index (χ2n) is 4.57. The molecule has 1 N–H and O–H groups in total. The van der Waals surface area contributed by atoms with Crippen LogP contribution in [0.4, 0.5) is 0 Å². The van der Waals surface area contributed by atoms with E-state index in [9.17, 15) is 9.90 Å². The standard InChI is InChI=1S/C15H18O3/c1-18-13-6-2-4-11(8-13)9-14-12(10-16)5-3-7-15(14)17/h2,4,6,8-9,12,16H,3,5,7,10H2,1H3. The molecule has 0 bridgehead atoms. The van der Waals surface area contributed by atoms with Crippen molar-refractivity contribution in [3.63, 3.8) is 0 Å². The zero-order valence-corrected chi connectivity index (χ0v) is 10.6. The predicted octanol–water partition coefficient (Wildman–Crippen LogP) is 2.44. The van der Waals surface area contributed by atoms with Gasteiger partial charge in [0.05, 0.1) is 13.7 Å². The van der Waals surface area contributed by atoms with Crippen LogP contribution in [0.5, 0.6) is 5.75 Å². The molecule has 96 valence electrons. The van der Waals surface area contributed by atoms with Crippen LogP contribution in [-0.2, 0) is 4.79 Å². The third-order valence-electron chi connectivity index (χ3n) is 3.35. The average Bonchev–Trinajstić information content (AvgIpc) is 2.41. The van der Waals surface area contributed by atoms with Gasteiger partial charge in [-0.2, -0.15) is 0 Å². The number of carbonyl (C=O) groups excluding carboxylic acids is 1. The second kappa shape index (κ2) is 5.83. The second-order valence-corrected chi connectivity index (χ2v) is 4.57. The zero-order valence-electron chi connectivity index (χ0n) is 10.6. The molecule has 1 saturated carbocycles. The van der Waals surface area contributed by atoms with E-state index in [4.69, 9.17) is 4.74 Å². The number of ether oxygens (including phenoxy) is 1. The monoisotopic (exact) mass is 246 g/mol. The smallest absolute Gasteiger partial charge is 0.159 e. The van der Waals surface area contributed by atoms with Gasteiger partial charge in [-0.15, -0.1) is 0 Å². The molecule has 1 fully saturated rings. The number of aliphatic hydroxyl groups excluding tert-OH is 1. The predicted molar refractivity (Wildman–Crippen MR) is 70.4 cm³/mol. The fourth-order valence-corrected chi connectivity index (χ4v) is 2.34. The summed E-state index contributed by atoms with van der Waals surface area (Å²) in [5.74, 6) is 0.911. The first-order valence-electron chi connectivity index (χ1n) is 6.24. The summed E-state index contributed by atoms with van der Waals surface area (Å²) >= 11 is 0. The first kappa shape index (κ1) is 12.8. The minimum Gasteiger partial charge on any atom is -0.497 e. The van der Waals surface area contributed by atoms with Gasteiger partial charge >= 0.3 is 0 Å². The van der Waals surface area contributed by atoms with E-state index in [0.29, 0.717) is 6.42 Å². The normalized spacial score (nSPS) is 22.2. The molecule has 3 nitrogen and oxygen atoms in total. The van der Waals surface area contributed by atoms with Gasteiger partial charge < -0.3 is 9.84 Å². The number of benzene rings is 1. The van der Waals surface area contributed by atoms with E-state index in [0.717, 1.165) is 29.7 Å². The van der Waals surface area contributed by atoms with Crippen LogP contribution >= 0.6 is 0 Å². The molecule has 1 unspecified atom stereocenters. The van der Waals surface area contributed by atoms with Crippen molar-refractivity contribution in [3.8, 4) is 5.75 Å². The van der Waals surface area contributed by atoms with Gasteiger partial charge in [-0.3, -0.25) is 4.79 Å². The van der Waals surface area contributed by atoms with Gasteiger partial charge in [0.1, 0.15) is 5.75 Å². The molecule has 3 heteroatoms. The molecule has 0 aliphatic heterocycles. The third-order valence-corrected chi connectivity index (χ3v) is 3.35. The van der Waals surface area contributed by atoms with E-state index in [2.05, 4.69) is 0 Å². The van der Waals surface area contributed by atoms with Gasteiger partial charge in [0.15, 0.2) is 5.78 Å². The Morgan fingerprint density at radius 3 is 3.06 bits per heavy atom. The van der Waals surface area contributed by atoms with Gasteiger partial charge in [0.25, 0.3) is 0 Å². The number of hydrogen-bond donors (Lipinski definition) is 1. The van der Waals surface area contributed by atoms with Crippen LogP contribution in [0, 0.1) is 5.92 Å². The number of Topliss-reactive ketones (excluding diaryl/α,β-unsaturated/α-hetero) is 1. The molecule has 0 amide bonds. The molecule has 1 atom stereocenters. The highest BCUT2D eigenvalue weighted by atomic mass is 16.5. The molecular formula is C15H18O3. The number of ketones is 1. The first-order chi connectivity index (χ1) is 8.74. The SMILES string of the molecule is COc1cccc(C=C2C(=O)CCCC2CO)c1. The van der Waals surface area contributed by atoms with Crippen molar-refractivity contribution in [3.05, 3.63) is 35.4 Å². The molecule has 1 aromatic rings. The lowest BCUT2D eigenvalue weighted by Gasteiger charge is -2.22. The highest BCUT2D eigenvalue weighted by molar-refractivity contribution is 6.00. The molecule has 0 spiro atoms. The molecule has 2 rings (SSSR count). The number of methoxy groups -OCH3 is 1. The fraction of sp³-hybridized carbons (Fsp3) is 0.400. The van der Waals surface area contributed by atoms with Crippen LogP contribution in [0.2, 0.25) is 0 Å². The lowest BCUT2D eigenvalue weighted by molar-refractivity contribution is -0.117. The molecule has 1 aliphatic carbocycles. The Morgan fingerprint density at radius 1 is 1.50 bits per heavy atom. The Hall–Kier alpha value is -1.61. The van der Waals surface area contributed by atoms with Crippen LogP contribution in [0.1, 0.15) is 24.8 Å². The minimum atomic E-state index is -0.0162. The van der Waals surface area contributed by atoms with Crippen molar-refractivity contribution < 1.29 is 14.6 Å². The largest absolute Gasteiger partial charge is 0.497 e. The van der Waals surface area contributed by atoms with Crippen LogP contribution < -0.4 is 4.74 Å². The average molecular weight is 246 g/mol. The molecule has 1 aromatic carbocycles. The van der Waals surface area contributed by atoms with E-state index in [1.165, 1.54) is 0 Å². The summed E-state index contributed by atoms with van der Waals surface area (Å²) in [5.41, 5.74) is 1.69. The van der Waals surface area contributed by atoms with Gasteiger partial charge in [-0.25, -0.2) is 0 Å². The summed E-state index contributed by atoms with van der Waals surface area (Å²) in [7, 11) is 1.62. The Morgan fingerprint density at radius 2 is 2.33 bits per heavy atom. The van der Waals surface area contributed by atoms with Gasteiger partial charge in [-0.05, 0) is 36.6 Å². The van der Waals surface area contributed by atoms with Crippen molar-refractivity contribution in [1.29, 1.82) is 0 Å². The molecule has 0 aromatic heterocycles. The van der Waals surface area contributed by atoms with Gasteiger partial charge in [-0.1, -0.05) is 12.1 Å². The summed E-state index contributed by atoms with van der Waals surface area (Å²) in [6.07, 6.45) is 4.23. The summed E-state index contributed by atoms with van der Waals surface area (Å²) in [5, 5.41) is 9.34. The lowest BCUT2D eigenvalue weighted by Crippen LogP contribution is -2.21. The van der Waals surface area contributed by atoms with Crippen LogP contribution in [0.15, 0.2) is 29.8 Å². The highest BCUT2D eigenvalue weighted by Crippen LogP contribution is 2.28. The maximum atomic E-state index is 11.9. The quantitative estimate of drug-likeness (QED) is 0.833. The summed E-state index contributed by atoms with van der Waals surface area (Å²) in [4.78, 5) is 11.9. The van der Waals surface area contributed by atoms with Crippen molar-refractivity contribution >= 4 is 11.9 Å². The highest BCUT2D eigenvalue weighted by Gasteiger charge is 2.24. The molecular weight excluding hydrogens is 228 g/mol. The first-order valence-corrected chi connectivity index (χ1v) is 6.24. The molecule has 0 radical (unpaired) electrons. The summed E-state index contributed by atoms with van der Waals surface area (Å²) in [6.45, 7) is 0.0432. The Bertz CT molecular complexity index is 463. The van der Waals surface area contributed by atoms with E-state index >= 15 is 0 Å². The Labute approximate surface area is 107 Å². The maximum Gasteiger partial charge on any atom is 0.159 e. The molecule has 1 aliphatic rings.